The molecule has 1 atom stereocenters. The molecule has 17 heavy (non-hydrogen) atoms. The smallest absolute Gasteiger partial charge is 0.106 e. The summed E-state index contributed by atoms with van der Waals surface area (Å²) in [5.74, 6) is 1.94. The van der Waals surface area contributed by atoms with Crippen molar-refractivity contribution in [3.8, 4) is 0 Å². The fraction of sp³-hybridized carbons (Fsp3) is 0.750. The van der Waals surface area contributed by atoms with Crippen molar-refractivity contribution in [2.75, 3.05) is 13.1 Å². The Hall–Kier alpha value is -0.250. The molecular weight excluding hydrogens is 257 g/mol. The maximum Gasteiger partial charge on any atom is 0.106 e. The van der Waals surface area contributed by atoms with E-state index in [9.17, 15) is 0 Å². The highest BCUT2D eigenvalue weighted by molar-refractivity contribution is 5.85. The summed E-state index contributed by atoms with van der Waals surface area (Å²) in [6.45, 7) is 9.86. The average molecular weight is 280 g/mol. The Labute approximate surface area is 116 Å². The Morgan fingerprint density at radius 2 is 2.00 bits per heavy atom. The summed E-state index contributed by atoms with van der Waals surface area (Å²) in [6, 6.07) is 0. The van der Waals surface area contributed by atoms with E-state index in [1.165, 1.54) is 30.8 Å². The van der Waals surface area contributed by atoms with Crippen LogP contribution in [0.2, 0.25) is 0 Å². The van der Waals surface area contributed by atoms with Crippen LogP contribution in [0.4, 0.5) is 0 Å². The third kappa shape index (κ3) is 3.87. The summed E-state index contributed by atoms with van der Waals surface area (Å²) < 4.78 is 2.37. The van der Waals surface area contributed by atoms with Gasteiger partial charge in [0, 0.05) is 12.2 Å². The third-order valence-corrected chi connectivity index (χ3v) is 3.49. The third-order valence-electron chi connectivity index (χ3n) is 3.49. The van der Waals surface area contributed by atoms with Gasteiger partial charge in [0.25, 0.3) is 0 Å². The van der Waals surface area contributed by atoms with Crippen LogP contribution in [0, 0.1) is 26.7 Å². The SMILES string of the molecule is Cc1nc(C)n(C[C@@H]2CCCNC2)c1C.Cl.Cl. The number of piperidine rings is 1. The second-order valence-corrected chi connectivity index (χ2v) is 4.65. The number of rotatable bonds is 2. The molecule has 100 valence electrons. The zero-order chi connectivity index (χ0) is 10.8. The van der Waals surface area contributed by atoms with Gasteiger partial charge in [-0.25, -0.2) is 4.98 Å². The number of imidazole rings is 1. The summed E-state index contributed by atoms with van der Waals surface area (Å²) in [7, 11) is 0. The van der Waals surface area contributed by atoms with Crippen molar-refractivity contribution in [1.82, 2.24) is 14.9 Å². The topological polar surface area (TPSA) is 29.9 Å². The Bertz CT molecular complexity index is 344. The van der Waals surface area contributed by atoms with E-state index in [-0.39, 0.29) is 24.8 Å². The molecule has 1 aliphatic rings. The monoisotopic (exact) mass is 279 g/mol. The molecule has 1 aliphatic heterocycles. The van der Waals surface area contributed by atoms with Gasteiger partial charge >= 0.3 is 0 Å². The molecular formula is C12H23Cl2N3. The van der Waals surface area contributed by atoms with E-state index < -0.39 is 0 Å². The first-order chi connectivity index (χ1) is 7.18. The predicted molar refractivity (Wildman–Crippen MR) is 76.5 cm³/mol. The van der Waals surface area contributed by atoms with E-state index in [4.69, 9.17) is 0 Å². The highest BCUT2D eigenvalue weighted by atomic mass is 35.5. The molecule has 2 rings (SSSR count). The maximum atomic E-state index is 4.52. The Morgan fingerprint density at radius 3 is 2.47 bits per heavy atom. The lowest BCUT2D eigenvalue weighted by molar-refractivity contribution is 0.333. The minimum absolute atomic E-state index is 0. The lowest BCUT2D eigenvalue weighted by Crippen LogP contribution is -2.32. The van der Waals surface area contributed by atoms with Crippen molar-refractivity contribution in [1.29, 1.82) is 0 Å². The number of nitrogens with zero attached hydrogens (tertiary/aromatic N) is 2. The van der Waals surface area contributed by atoms with Crippen molar-refractivity contribution in [2.45, 2.75) is 40.2 Å². The van der Waals surface area contributed by atoms with Gasteiger partial charge in [0.05, 0.1) is 5.69 Å². The molecule has 0 bridgehead atoms. The fourth-order valence-corrected chi connectivity index (χ4v) is 2.43. The molecule has 1 fully saturated rings. The van der Waals surface area contributed by atoms with Gasteiger partial charge in [-0.2, -0.15) is 0 Å². The molecule has 0 amide bonds. The van der Waals surface area contributed by atoms with E-state index in [0.29, 0.717) is 0 Å². The number of aryl methyl sites for hydroxylation is 2. The first-order valence-corrected chi connectivity index (χ1v) is 5.89. The van der Waals surface area contributed by atoms with Crippen molar-refractivity contribution >= 4 is 24.8 Å². The predicted octanol–water partition coefficient (Wildman–Crippen LogP) is 2.65. The molecule has 0 aromatic carbocycles. The van der Waals surface area contributed by atoms with Gasteiger partial charge in [-0.1, -0.05) is 0 Å². The summed E-state index contributed by atoms with van der Waals surface area (Å²) in [6.07, 6.45) is 2.67. The van der Waals surface area contributed by atoms with E-state index in [1.807, 2.05) is 0 Å². The van der Waals surface area contributed by atoms with Gasteiger partial charge in [-0.15, -0.1) is 24.8 Å². The lowest BCUT2D eigenvalue weighted by atomic mass is 9.99. The van der Waals surface area contributed by atoms with Crippen LogP contribution >= 0.6 is 24.8 Å². The summed E-state index contributed by atoms with van der Waals surface area (Å²) in [5, 5.41) is 3.47. The highest BCUT2D eigenvalue weighted by Gasteiger charge is 2.16. The number of hydrogen-bond donors (Lipinski definition) is 1. The zero-order valence-electron chi connectivity index (χ0n) is 10.8. The molecule has 0 spiro atoms. The van der Waals surface area contributed by atoms with Crippen LogP contribution < -0.4 is 5.32 Å². The van der Waals surface area contributed by atoms with Crippen LogP contribution in [0.25, 0.3) is 0 Å². The maximum absolute atomic E-state index is 4.52. The van der Waals surface area contributed by atoms with E-state index in [1.54, 1.807) is 0 Å². The molecule has 5 heteroatoms. The van der Waals surface area contributed by atoms with Gasteiger partial charge in [-0.05, 0) is 52.6 Å². The minimum Gasteiger partial charge on any atom is -0.332 e. The molecule has 1 saturated heterocycles. The average Bonchev–Trinajstić information content (AvgIpc) is 2.47. The number of nitrogens with one attached hydrogen (secondary N) is 1. The molecule has 1 N–H and O–H groups in total. The zero-order valence-corrected chi connectivity index (χ0v) is 12.5. The molecule has 0 saturated carbocycles. The first-order valence-electron chi connectivity index (χ1n) is 5.89. The standard InChI is InChI=1S/C12H21N3.2ClH/c1-9-10(2)15(11(3)14-9)8-12-5-4-6-13-7-12;;/h12-13H,4-8H2,1-3H3;2*1H/t12-;;/m1../s1. The summed E-state index contributed by atoms with van der Waals surface area (Å²) in [4.78, 5) is 4.52. The van der Waals surface area contributed by atoms with Crippen molar-refractivity contribution < 1.29 is 0 Å². The van der Waals surface area contributed by atoms with Crippen LogP contribution in [0.1, 0.15) is 30.1 Å². The molecule has 2 heterocycles. The number of hydrogen-bond acceptors (Lipinski definition) is 2. The lowest BCUT2D eigenvalue weighted by Gasteiger charge is -2.24. The van der Waals surface area contributed by atoms with Crippen LogP contribution in [0.15, 0.2) is 0 Å². The quantitative estimate of drug-likeness (QED) is 0.902. The summed E-state index contributed by atoms with van der Waals surface area (Å²) in [5.41, 5.74) is 2.51. The van der Waals surface area contributed by atoms with Gasteiger partial charge in [0.2, 0.25) is 0 Å². The molecule has 0 radical (unpaired) electrons. The largest absolute Gasteiger partial charge is 0.332 e. The second kappa shape index (κ2) is 7.24. The van der Waals surface area contributed by atoms with Crippen LogP contribution in [-0.4, -0.2) is 22.6 Å². The number of halogens is 2. The van der Waals surface area contributed by atoms with Gasteiger partial charge in [0.15, 0.2) is 0 Å². The van der Waals surface area contributed by atoms with Crippen molar-refractivity contribution in [3.63, 3.8) is 0 Å². The second-order valence-electron chi connectivity index (χ2n) is 4.65. The Morgan fingerprint density at radius 1 is 1.29 bits per heavy atom. The summed E-state index contributed by atoms with van der Waals surface area (Å²) >= 11 is 0. The minimum atomic E-state index is 0. The van der Waals surface area contributed by atoms with Crippen LogP contribution in [-0.2, 0) is 6.54 Å². The molecule has 1 aromatic heterocycles. The van der Waals surface area contributed by atoms with E-state index in [0.717, 1.165) is 24.8 Å². The molecule has 3 nitrogen and oxygen atoms in total. The highest BCUT2D eigenvalue weighted by Crippen LogP contribution is 2.16. The van der Waals surface area contributed by atoms with Crippen molar-refractivity contribution in [3.05, 3.63) is 17.2 Å². The Balaban J connectivity index is 0.00000128. The van der Waals surface area contributed by atoms with Gasteiger partial charge < -0.3 is 9.88 Å². The number of aromatic nitrogens is 2. The van der Waals surface area contributed by atoms with Crippen LogP contribution in [0.3, 0.4) is 0 Å². The molecule has 0 aliphatic carbocycles. The fourth-order valence-electron chi connectivity index (χ4n) is 2.43. The van der Waals surface area contributed by atoms with Crippen LogP contribution in [0.5, 0.6) is 0 Å². The van der Waals surface area contributed by atoms with E-state index >= 15 is 0 Å². The van der Waals surface area contributed by atoms with Crippen molar-refractivity contribution in [2.24, 2.45) is 5.92 Å². The molecule has 0 unspecified atom stereocenters. The van der Waals surface area contributed by atoms with Gasteiger partial charge in [-0.3, -0.25) is 0 Å². The van der Waals surface area contributed by atoms with Gasteiger partial charge in [0.1, 0.15) is 5.82 Å². The Kier molecular flexibility index (Phi) is 7.14. The molecule has 1 aromatic rings. The van der Waals surface area contributed by atoms with E-state index in [2.05, 4.69) is 35.6 Å². The first kappa shape index (κ1) is 16.8. The normalized spacial score (nSPS) is 19.4.